The zero-order valence-corrected chi connectivity index (χ0v) is 18.9. The number of aromatic nitrogens is 2. The number of hydrogen-bond acceptors (Lipinski definition) is 6. The lowest BCUT2D eigenvalue weighted by atomic mass is 10.1. The summed E-state index contributed by atoms with van der Waals surface area (Å²) in [6, 6.07) is 31.8. The summed E-state index contributed by atoms with van der Waals surface area (Å²) in [6.07, 6.45) is 1.84. The third-order valence-electron chi connectivity index (χ3n) is 6.54. The lowest BCUT2D eigenvalue weighted by Crippen LogP contribution is -2.15. The monoisotopic (exact) mass is 467 g/mol. The lowest BCUT2D eigenvalue weighted by Gasteiger charge is -2.32. The maximum atomic E-state index is 6.13. The van der Waals surface area contributed by atoms with E-state index in [4.69, 9.17) is 23.5 Å². The van der Waals surface area contributed by atoms with Gasteiger partial charge in [-0.1, -0.05) is 42.5 Å². The fourth-order valence-electron chi connectivity index (χ4n) is 4.88. The van der Waals surface area contributed by atoms with Gasteiger partial charge in [-0.3, -0.25) is 0 Å². The minimum atomic E-state index is 0.469. The molecule has 4 heterocycles. The molecule has 8 rings (SSSR count). The number of fused-ring (bicyclic) bond motifs is 6. The lowest BCUT2D eigenvalue weighted by molar-refractivity contribution is 0.477. The minimum Gasteiger partial charge on any atom is -0.456 e. The smallest absolute Gasteiger partial charge is 0.246 e. The Balaban J connectivity index is 1.21. The van der Waals surface area contributed by atoms with Crippen LogP contribution < -0.4 is 9.64 Å². The number of rotatable bonds is 2. The quantitative estimate of drug-likeness (QED) is 0.254. The van der Waals surface area contributed by atoms with Crippen molar-refractivity contribution in [3.05, 3.63) is 103 Å². The van der Waals surface area contributed by atoms with Crippen LogP contribution in [0.25, 0.3) is 44.6 Å². The van der Waals surface area contributed by atoms with Gasteiger partial charge in [-0.2, -0.15) is 0 Å². The molecule has 7 aromatic rings. The highest BCUT2D eigenvalue weighted by Gasteiger charge is 2.25. The first-order chi connectivity index (χ1) is 17.8. The number of hydrogen-bond donors (Lipinski definition) is 0. The van der Waals surface area contributed by atoms with Crippen LogP contribution in [0.2, 0.25) is 0 Å². The van der Waals surface area contributed by atoms with Gasteiger partial charge in [-0.15, -0.1) is 0 Å². The third-order valence-corrected chi connectivity index (χ3v) is 6.54. The average molecular weight is 467 g/mol. The number of nitrogens with zero attached hydrogens (tertiary/aromatic N) is 3. The maximum Gasteiger partial charge on any atom is 0.246 e. The second kappa shape index (κ2) is 7.20. The Labute approximate surface area is 205 Å². The van der Waals surface area contributed by atoms with Crippen LogP contribution in [-0.2, 0) is 0 Å². The highest BCUT2D eigenvalue weighted by atomic mass is 16.5. The van der Waals surface area contributed by atoms with Crippen LogP contribution in [0.1, 0.15) is 0 Å². The fourth-order valence-corrected chi connectivity index (χ4v) is 4.88. The molecular weight excluding hydrogens is 450 g/mol. The van der Waals surface area contributed by atoms with E-state index in [1.54, 1.807) is 0 Å². The zero-order chi connectivity index (χ0) is 23.6. The summed E-state index contributed by atoms with van der Waals surface area (Å²) in [6.45, 7) is 0. The molecule has 0 fully saturated rings. The summed E-state index contributed by atoms with van der Waals surface area (Å²) in [5.74, 6) is 2.07. The highest BCUT2D eigenvalue weighted by Crippen LogP contribution is 2.50. The van der Waals surface area contributed by atoms with Gasteiger partial charge in [0.25, 0.3) is 0 Å². The average Bonchev–Trinajstić information content (AvgIpc) is 3.51. The summed E-state index contributed by atoms with van der Waals surface area (Å²) in [7, 11) is 0. The van der Waals surface area contributed by atoms with Crippen LogP contribution in [0.15, 0.2) is 112 Å². The molecule has 0 N–H and O–H groups in total. The van der Waals surface area contributed by atoms with Crippen molar-refractivity contribution < 1.29 is 13.6 Å². The van der Waals surface area contributed by atoms with E-state index in [1.165, 1.54) is 0 Å². The molecule has 1 aliphatic heterocycles. The Hall–Kier alpha value is -5.10. The highest BCUT2D eigenvalue weighted by molar-refractivity contribution is 6.08. The first kappa shape index (κ1) is 19.2. The van der Waals surface area contributed by atoms with Crippen molar-refractivity contribution in [3.8, 4) is 23.1 Å². The number of benzene rings is 4. The van der Waals surface area contributed by atoms with E-state index in [1.807, 2.05) is 103 Å². The maximum absolute atomic E-state index is 6.13. The largest absolute Gasteiger partial charge is 0.456 e. The van der Waals surface area contributed by atoms with Crippen molar-refractivity contribution in [2.75, 3.05) is 4.90 Å². The number of anilines is 3. The molecule has 0 spiro atoms. The predicted molar refractivity (Wildman–Crippen MR) is 139 cm³/mol. The first-order valence-corrected chi connectivity index (χ1v) is 11.7. The van der Waals surface area contributed by atoms with Crippen molar-refractivity contribution in [3.63, 3.8) is 0 Å². The molecule has 3 aromatic heterocycles. The second-order valence-corrected chi connectivity index (χ2v) is 8.71. The number of pyridine rings is 1. The van der Waals surface area contributed by atoms with Crippen molar-refractivity contribution in [2.45, 2.75) is 0 Å². The van der Waals surface area contributed by atoms with Crippen molar-refractivity contribution in [2.24, 2.45) is 0 Å². The van der Waals surface area contributed by atoms with E-state index in [9.17, 15) is 0 Å². The van der Waals surface area contributed by atoms with E-state index >= 15 is 0 Å². The summed E-state index contributed by atoms with van der Waals surface area (Å²) in [5, 5.41) is 2.06. The number of para-hydroxylation sites is 5. The fraction of sp³-hybridized carbons (Fsp3) is 0. The SMILES string of the molecule is c1ccc2c(c1)Oc1ccccc1N2c1ccc(-c2nc3cc4oc5ccccc5c4cc3o2)nc1. The Morgan fingerprint density at radius 3 is 2.14 bits per heavy atom. The third kappa shape index (κ3) is 2.78. The molecule has 0 aliphatic carbocycles. The zero-order valence-electron chi connectivity index (χ0n) is 18.9. The summed E-state index contributed by atoms with van der Waals surface area (Å²) in [5.41, 5.74) is 6.57. The van der Waals surface area contributed by atoms with Crippen LogP contribution in [-0.4, -0.2) is 9.97 Å². The Kier molecular flexibility index (Phi) is 3.85. The van der Waals surface area contributed by atoms with Gasteiger partial charge in [-0.25, -0.2) is 9.97 Å². The molecule has 0 bridgehead atoms. The molecular formula is C30H17N3O3. The second-order valence-electron chi connectivity index (χ2n) is 8.71. The van der Waals surface area contributed by atoms with E-state index in [0.717, 1.165) is 56.0 Å². The molecule has 0 saturated carbocycles. The van der Waals surface area contributed by atoms with Gasteiger partial charge in [-0.05, 0) is 48.5 Å². The predicted octanol–water partition coefficient (Wildman–Crippen LogP) is 8.36. The van der Waals surface area contributed by atoms with E-state index in [-0.39, 0.29) is 0 Å². The Bertz CT molecular complexity index is 1890. The molecule has 36 heavy (non-hydrogen) atoms. The van der Waals surface area contributed by atoms with E-state index < -0.39 is 0 Å². The molecule has 4 aromatic carbocycles. The molecule has 0 saturated heterocycles. The van der Waals surface area contributed by atoms with Crippen LogP contribution >= 0.6 is 0 Å². The van der Waals surface area contributed by atoms with Crippen LogP contribution in [0.5, 0.6) is 11.5 Å². The van der Waals surface area contributed by atoms with E-state index in [0.29, 0.717) is 17.2 Å². The molecule has 0 atom stereocenters. The summed E-state index contributed by atoms with van der Waals surface area (Å²) >= 11 is 0. The van der Waals surface area contributed by atoms with Gasteiger partial charge in [0.05, 0.1) is 23.3 Å². The topological polar surface area (TPSA) is 64.5 Å². The summed E-state index contributed by atoms with van der Waals surface area (Å²) < 4.78 is 18.2. The Morgan fingerprint density at radius 2 is 1.36 bits per heavy atom. The molecule has 0 unspecified atom stereocenters. The van der Waals surface area contributed by atoms with Gasteiger partial charge < -0.3 is 18.5 Å². The first-order valence-electron chi connectivity index (χ1n) is 11.7. The van der Waals surface area contributed by atoms with Crippen LogP contribution in [0, 0.1) is 0 Å². The molecule has 1 aliphatic rings. The molecule has 0 radical (unpaired) electrons. The van der Waals surface area contributed by atoms with Gasteiger partial charge in [0, 0.05) is 16.8 Å². The number of ether oxygens (including phenoxy) is 1. The molecule has 0 amide bonds. The molecule has 6 nitrogen and oxygen atoms in total. The van der Waals surface area contributed by atoms with Gasteiger partial charge >= 0.3 is 0 Å². The molecule has 6 heteroatoms. The Morgan fingerprint density at radius 1 is 0.611 bits per heavy atom. The number of furan rings is 1. The molecule has 170 valence electrons. The van der Waals surface area contributed by atoms with Gasteiger partial charge in [0.15, 0.2) is 17.1 Å². The minimum absolute atomic E-state index is 0.469. The standard InChI is InChI=1S/C30H17N3O3/c1-4-10-25-19(7-1)20-15-29-22(16-28(20)34-25)32-30(36-29)21-14-13-18(17-31-21)33-23-8-2-5-11-26(23)35-27-12-6-3-9-24(27)33/h1-17H. The normalized spacial score (nSPS) is 12.6. The van der Waals surface area contributed by atoms with Crippen molar-refractivity contribution >= 4 is 50.1 Å². The van der Waals surface area contributed by atoms with Crippen molar-refractivity contribution in [1.82, 2.24) is 9.97 Å². The summed E-state index contributed by atoms with van der Waals surface area (Å²) in [4.78, 5) is 11.6. The van der Waals surface area contributed by atoms with Gasteiger partial charge in [0.2, 0.25) is 5.89 Å². The van der Waals surface area contributed by atoms with Crippen LogP contribution in [0.3, 0.4) is 0 Å². The van der Waals surface area contributed by atoms with E-state index in [2.05, 4.69) is 4.90 Å². The van der Waals surface area contributed by atoms with Gasteiger partial charge in [0.1, 0.15) is 22.4 Å². The van der Waals surface area contributed by atoms with Crippen LogP contribution in [0.4, 0.5) is 17.1 Å². The number of oxazole rings is 1. The van der Waals surface area contributed by atoms with Crippen molar-refractivity contribution in [1.29, 1.82) is 0 Å².